The van der Waals surface area contributed by atoms with Gasteiger partial charge in [0.1, 0.15) is 10.8 Å². The Morgan fingerprint density at radius 1 is 1.27 bits per heavy atom. The molecule has 2 aromatic carbocycles. The number of carbonyl (C=O) groups is 2. The molecule has 0 saturated heterocycles. The highest BCUT2D eigenvalue weighted by molar-refractivity contribution is 7.18. The number of nitrogens with zero attached hydrogens (tertiary/aromatic N) is 2. The molecule has 0 saturated carbocycles. The number of para-hydroxylation sites is 1. The van der Waals surface area contributed by atoms with Crippen molar-refractivity contribution in [2.24, 2.45) is 0 Å². The predicted molar refractivity (Wildman–Crippen MR) is 97.2 cm³/mol. The molecule has 0 spiro atoms. The van der Waals surface area contributed by atoms with Crippen LogP contribution in [0, 0.1) is 5.82 Å². The summed E-state index contributed by atoms with van der Waals surface area (Å²) in [6.07, 6.45) is 0. The molecule has 0 unspecified atom stereocenters. The minimum atomic E-state index is -0.774. The number of nitrogens with two attached hydrogens (primary N) is 1. The summed E-state index contributed by atoms with van der Waals surface area (Å²) in [5, 5.41) is 0.788. The zero-order valence-electron chi connectivity index (χ0n) is 13.9. The molecular formula is C18H16FN3O3S. The number of likely N-dealkylation sites (N-methyl/N-ethyl adjacent to an activating group) is 1. The van der Waals surface area contributed by atoms with E-state index in [4.69, 9.17) is 10.5 Å². The number of fused-ring (bicyclic) bond motifs is 1. The van der Waals surface area contributed by atoms with Crippen LogP contribution in [-0.2, 0) is 16.1 Å². The number of ether oxygens (including phenoxy) is 1. The molecule has 1 amide bonds. The van der Waals surface area contributed by atoms with E-state index in [0.29, 0.717) is 6.54 Å². The second kappa shape index (κ2) is 7.49. The lowest BCUT2D eigenvalue weighted by Crippen LogP contribution is -2.30. The molecule has 0 fully saturated rings. The first-order chi connectivity index (χ1) is 12.4. The Morgan fingerprint density at radius 2 is 2.04 bits per heavy atom. The molecule has 1 heterocycles. The van der Waals surface area contributed by atoms with Crippen LogP contribution in [0.5, 0.6) is 0 Å². The van der Waals surface area contributed by atoms with E-state index < -0.39 is 18.4 Å². The molecule has 0 aliphatic rings. The lowest BCUT2D eigenvalue weighted by Gasteiger charge is -2.15. The van der Waals surface area contributed by atoms with Crippen LogP contribution < -0.4 is 5.73 Å². The molecule has 3 aromatic rings. The van der Waals surface area contributed by atoms with Crippen molar-refractivity contribution in [3.8, 4) is 0 Å². The van der Waals surface area contributed by atoms with Crippen molar-refractivity contribution in [1.82, 2.24) is 9.88 Å². The van der Waals surface area contributed by atoms with Crippen LogP contribution in [0.15, 0.2) is 42.5 Å². The number of hydrogen-bond acceptors (Lipinski definition) is 6. The average Bonchev–Trinajstić information content (AvgIpc) is 3.01. The maximum atomic E-state index is 13.0. The van der Waals surface area contributed by atoms with Crippen molar-refractivity contribution in [2.75, 3.05) is 19.4 Å². The van der Waals surface area contributed by atoms with E-state index in [1.807, 2.05) is 24.3 Å². The van der Waals surface area contributed by atoms with E-state index in [-0.39, 0.29) is 17.2 Å². The van der Waals surface area contributed by atoms with Gasteiger partial charge in [-0.1, -0.05) is 12.1 Å². The molecule has 0 aliphatic carbocycles. The van der Waals surface area contributed by atoms with Crippen molar-refractivity contribution in [3.63, 3.8) is 0 Å². The maximum Gasteiger partial charge on any atom is 0.340 e. The Kier molecular flexibility index (Phi) is 5.13. The zero-order valence-corrected chi connectivity index (χ0v) is 14.8. The van der Waals surface area contributed by atoms with Crippen molar-refractivity contribution in [1.29, 1.82) is 0 Å². The molecular weight excluding hydrogens is 357 g/mol. The minimum Gasteiger partial charge on any atom is -0.452 e. The van der Waals surface area contributed by atoms with E-state index >= 15 is 0 Å². The Bertz CT molecular complexity index is 940. The third-order valence-electron chi connectivity index (χ3n) is 3.70. The van der Waals surface area contributed by atoms with E-state index in [1.54, 1.807) is 7.05 Å². The summed E-state index contributed by atoms with van der Waals surface area (Å²) in [4.78, 5) is 30.0. The maximum absolute atomic E-state index is 13.0. The van der Waals surface area contributed by atoms with E-state index in [2.05, 4.69) is 4.98 Å². The number of nitrogen functional groups attached to an aromatic ring is 1. The van der Waals surface area contributed by atoms with Crippen LogP contribution in [0.25, 0.3) is 10.2 Å². The fourth-order valence-corrected chi connectivity index (χ4v) is 3.33. The third kappa shape index (κ3) is 3.97. The molecule has 0 bridgehead atoms. The van der Waals surface area contributed by atoms with Gasteiger partial charge in [-0.05, 0) is 30.3 Å². The fourth-order valence-electron chi connectivity index (χ4n) is 2.31. The molecule has 0 radical (unpaired) electrons. The second-order valence-electron chi connectivity index (χ2n) is 5.63. The lowest BCUT2D eigenvalue weighted by molar-refractivity contribution is -0.133. The molecule has 6 nitrogen and oxygen atoms in total. The summed E-state index contributed by atoms with van der Waals surface area (Å²) in [7, 11) is 1.61. The van der Waals surface area contributed by atoms with Crippen molar-refractivity contribution >= 4 is 39.1 Å². The summed E-state index contributed by atoms with van der Waals surface area (Å²) in [5.41, 5.74) is 6.45. The number of carbonyl (C=O) groups excluding carboxylic acids is 2. The first kappa shape index (κ1) is 17.8. The topological polar surface area (TPSA) is 85.5 Å². The largest absolute Gasteiger partial charge is 0.452 e. The smallest absolute Gasteiger partial charge is 0.340 e. The molecule has 1 aromatic heterocycles. The van der Waals surface area contributed by atoms with Crippen LogP contribution in [0.3, 0.4) is 0 Å². The van der Waals surface area contributed by atoms with Gasteiger partial charge in [0, 0.05) is 12.7 Å². The quantitative estimate of drug-likeness (QED) is 0.549. The van der Waals surface area contributed by atoms with Crippen LogP contribution in [0.4, 0.5) is 10.1 Å². The van der Waals surface area contributed by atoms with E-state index in [0.717, 1.165) is 27.4 Å². The van der Waals surface area contributed by atoms with Gasteiger partial charge < -0.3 is 15.4 Å². The SMILES string of the molecule is CN(Cc1nc2ccccc2s1)C(=O)COC(=O)c1ccc(F)cc1N. The van der Waals surface area contributed by atoms with Gasteiger partial charge in [-0.3, -0.25) is 4.79 Å². The van der Waals surface area contributed by atoms with Crippen molar-refractivity contribution in [3.05, 3.63) is 58.9 Å². The zero-order chi connectivity index (χ0) is 18.7. The first-order valence-electron chi connectivity index (χ1n) is 7.74. The molecule has 0 aliphatic heterocycles. The Hall–Kier alpha value is -3.00. The highest BCUT2D eigenvalue weighted by Gasteiger charge is 2.17. The van der Waals surface area contributed by atoms with Gasteiger partial charge in [0.05, 0.1) is 22.3 Å². The molecule has 134 valence electrons. The van der Waals surface area contributed by atoms with Crippen molar-refractivity contribution < 1.29 is 18.7 Å². The van der Waals surface area contributed by atoms with Crippen LogP contribution in [0.1, 0.15) is 15.4 Å². The Balaban J connectivity index is 1.57. The number of rotatable bonds is 5. The highest BCUT2D eigenvalue weighted by atomic mass is 32.1. The first-order valence-corrected chi connectivity index (χ1v) is 8.56. The van der Waals surface area contributed by atoms with Gasteiger partial charge in [0.2, 0.25) is 0 Å². The number of amides is 1. The summed E-state index contributed by atoms with van der Waals surface area (Å²) in [5.74, 6) is -1.70. The molecule has 8 heteroatoms. The molecule has 2 N–H and O–H groups in total. The predicted octanol–water partition coefficient (Wildman–Crippen LogP) is 2.83. The number of halogens is 1. The Labute approximate surface area is 153 Å². The lowest BCUT2D eigenvalue weighted by atomic mass is 10.2. The molecule has 3 rings (SSSR count). The van der Waals surface area contributed by atoms with Gasteiger partial charge in [-0.25, -0.2) is 14.2 Å². The Morgan fingerprint density at radius 3 is 2.77 bits per heavy atom. The van der Waals surface area contributed by atoms with E-state index in [1.165, 1.54) is 22.3 Å². The fraction of sp³-hybridized carbons (Fsp3) is 0.167. The number of anilines is 1. The van der Waals surface area contributed by atoms with Gasteiger partial charge in [-0.2, -0.15) is 0 Å². The third-order valence-corrected chi connectivity index (χ3v) is 4.72. The number of thiazole rings is 1. The highest BCUT2D eigenvalue weighted by Crippen LogP contribution is 2.22. The van der Waals surface area contributed by atoms with Crippen LogP contribution in [0.2, 0.25) is 0 Å². The monoisotopic (exact) mass is 373 g/mol. The van der Waals surface area contributed by atoms with Crippen LogP contribution in [-0.4, -0.2) is 35.4 Å². The minimum absolute atomic E-state index is 0.0213. The number of aromatic nitrogens is 1. The van der Waals surface area contributed by atoms with Crippen molar-refractivity contribution in [2.45, 2.75) is 6.54 Å². The van der Waals surface area contributed by atoms with E-state index in [9.17, 15) is 14.0 Å². The average molecular weight is 373 g/mol. The summed E-state index contributed by atoms with van der Waals surface area (Å²) in [6, 6.07) is 11.1. The number of esters is 1. The normalized spacial score (nSPS) is 10.7. The number of benzene rings is 2. The summed E-state index contributed by atoms with van der Waals surface area (Å²) < 4.78 is 19.0. The summed E-state index contributed by atoms with van der Waals surface area (Å²) >= 11 is 1.50. The summed E-state index contributed by atoms with van der Waals surface area (Å²) in [6.45, 7) is -0.120. The van der Waals surface area contributed by atoms with Gasteiger partial charge in [-0.15, -0.1) is 11.3 Å². The van der Waals surface area contributed by atoms with Gasteiger partial charge in [0.25, 0.3) is 5.91 Å². The van der Waals surface area contributed by atoms with Crippen LogP contribution >= 0.6 is 11.3 Å². The number of hydrogen-bond donors (Lipinski definition) is 1. The van der Waals surface area contributed by atoms with Gasteiger partial charge in [0.15, 0.2) is 6.61 Å². The molecule has 26 heavy (non-hydrogen) atoms. The second-order valence-corrected chi connectivity index (χ2v) is 6.75. The van der Waals surface area contributed by atoms with Gasteiger partial charge >= 0.3 is 5.97 Å². The standard InChI is InChI=1S/C18H16FN3O3S/c1-22(9-16-21-14-4-2-3-5-15(14)26-16)17(23)10-25-18(24)12-7-6-11(19)8-13(12)20/h2-8H,9-10,20H2,1H3. The molecule has 0 atom stereocenters.